The van der Waals surface area contributed by atoms with Crippen molar-refractivity contribution in [3.63, 3.8) is 0 Å². The van der Waals surface area contributed by atoms with Gasteiger partial charge in [0, 0.05) is 35.7 Å². The Bertz CT molecular complexity index is 656. The van der Waals surface area contributed by atoms with Crippen LogP contribution in [-0.4, -0.2) is 50.7 Å². The van der Waals surface area contributed by atoms with Crippen molar-refractivity contribution in [1.29, 1.82) is 0 Å². The number of benzene rings is 1. The number of para-hydroxylation sites is 1. The van der Waals surface area contributed by atoms with E-state index < -0.39 is 11.9 Å². The molecule has 1 aromatic heterocycles. The molecule has 0 aliphatic rings. The molecular weight excluding hydrogens is 308 g/mol. The minimum absolute atomic E-state index is 0.607. The Kier molecular flexibility index (Phi) is 7.45. The minimum Gasteiger partial charge on any atom is -0.473 e. The summed E-state index contributed by atoms with van der Waals surface area (Å²) in [4.78, 5) is 24.1. The third-order valence-electron chi connectivity index (χ3n) is 3.82. The molecule has 0 bridgehead atoms. The molecule has 0 aliphatic heterocycles. The molecule has 0 spiro atoms. The molecule has 3 N–H and O–H groups in total. The molecule has 1 aromatic carbocycles. The van der Waals surface area contributed by atoms with Crippen LogP contribution in [0, 0.1) is 0 Å². The standard InChI is InChI=1S/C16H24N2.C2H2O4/c1-12(2)18(13(3)4)10-9-14-11-17-16-8-6-5-7-15(14)16;3-1(4)2(5)6/h5-8,11-13,17H,9-10H2,1-4H3;(H,3,4)(H,5,6). The Hall–Kier alpha value is -2.34. The molecular formula is C18H26N2O4. The van der Waals surface area contributed by atoms with Gasteiger partial charge in [-0.3, -0.25) is 4.90 Å². The zero-order valence-electron chi connectivity index (χ0n) is 14.6. The van der Waals surface area contributed by atoms with Gasteiger partial charge in [-0.15, -0.1) is 0 Å². The predicted octanol–water partition coefficient (Wildman–Crippen LogP) is 2.98. The van der Waals surface area contributed by atoms with Crippen LogP contribution in [0.1, 0.15) is 33.3 Å². The van der Waals surface area contributed by atoms with Gasteiger partial charge in [0.05, 0.1) is 0 Å². The summed E-state index contributed by atoms with van der Waals surface area (Å²) in [5, 5.41) is 16.1. The maximum atomic E-state index is 9.10. The van der Waals surface area contributed by atoms with Crippen LogP contribution < -0.4 is 0 Å². The lowest BCUT2D eigenvalue weighted by Crippen LogP contribution is -2.38. The van der Waals surface area contributed by atoms with Crippen LogP contribution in [0.4, 0.5) is 0 Å². The van der Waals surface area contributed by atoms with E-state index >= 15 is 0 Å². The van der Waals surface area contributed by atoms with Crippen LogP contribution in [0.2, 0.25) is 0 Å². The average molecular weight is 334 g/mol. The maximum Gasteiger partial charge on any atom is 0.414 e. The van der Waals surface area contributed by atoms with Gasteiger partial charge in [0.1, 0.15) is 0 Å². The lowest BCUT2D eigenvalue weighted by atomic mass is 10.1. The minimum atomic E-state index is -1.82. The molecule has 1 heterocycles. The molecule has 2 rings (SSSR count). The topological polar surface area (TPSA) is 93.6 Å². The van der Waals surface area contributed by atoms with E-state index in [0.717, 1.165) is 13.0 Å². The quantitative estimate of drug-likeness (QED) is 0.731. The second-order valence-corrected chi connectivity index (χ2v) is 6.15. The van der Waals surface area contributed by atoms with Crippen molar-refractivity contribution in [2.75, 3.05) is 6.54 Å². The first-order chi connectivity index (χ1) is 11.2. The fraction of sp³-hybridized carbons (Fsp3) is 0.444. The molecule has 132 valence electrons. The number of rotatable bonds is 5. The SMILES string of the molecule is CC(C)N(CCc1c[nH]c2ccccc12)C(C)C.O=C(O)C(=O)O. The molecule has 0 aliphatic carbocycles. The predicted molar refractivity (Wildman–Crippen MR) is 94.3 cm³/mol. The summed E-state index contributed by atoms with van der Waals surface area (Å²) >= 11 is 0. The zero-order valence-corrected chi connectivity index (χ0v) is 14.6. The second-order valence-electron chi connectivity index (χ2n) is 6.15. The third-order valence-corrected chi connectivity index (χ3v) is 3.82. The number of fused-ring (bicyclic) bond motifs is 1. The number of H-pyrrole nitrogens is 1. The molecule has 24 heavy (non-hydrogen) atoms. The normalized spacial score (nSPS) is 11.0. The molecule has 2 aromatic rings. The van der Waals surface area contributed by atoms with Crippen molar-refractivity contribution < 1.29 is 19.8 Å². The highest BCUT2D eigenvalue weighted by molar-refractivity contribution is 6.27. The smallest absolute Gasteiger partial charge is 0.414 e. The van der Waals surface area contributed by atoms with E-state index in [9.17, 15) is 0 Å². The van der Waals surface area contributed by atoms with Gasteiger partial charge in [-0.2, -0.15) is 0 Å². The Morgan fingerprint density at radius 3 is 2.08 bits per heavy atom. The molecule has 0 atom stereocenters. The number of carbonyl (C=O) groups is 2. The van der Waals surface area contributed by atoms with E-state index in [4.69, 9.17) is 19.8 Å². The number of hydrogen-bond acceptors (Lipinski definition) is 3. The van der Waals surface area contributed by atoms with Crippen molar-refractivity contribution in [1.82, 2.24) is 9.88 Å². The summed E-state index contributed by atoms with van der Waals surface area (Å²) in [6.45, 7) is 10.2. The lowest BCUT2D eigenvalue weighted by molar-refractivity contribution is -0.159. The Labute approximate surface area is 142 Å². The number of aromatic amines is 1. The molecule has 6 nitrogen and oxygen atoms in total. The van der Waals surface area contributed by atoms with Crippen LogP contribution in [0.15, 0.2) is 30.5 Å². The summed E-state index contributed by atoms with van der Waals surface area (Å²) in [6, 6.07) is 9.75. The fourth-order valence-corrected chi connectivity index (χ4v) is 2.70. The first-order valence-corrected chi connectivity index (χ1v) is 8.01. The molecule has 0 saturated carbocycles. The van der Waals surface area contributed by atoms with Crippen LogP contribution >= 0.6 is 0 Å². The number of aromatic nitrogens is 1. The van der Waals surface area contributed by atoms with Crippen LogP contribution in [0.5, 0.6) is 0 Å². The van der Waals surface area contributed by atoms with Crippen LogP contribution in [0.25, 0.3) is 10.9 Å². The highest BCUT2D eigenvalue weighted by atomic mass is 16.4. The van der Waals surface area contributed by atoms with Gasteiger partial charge in [-0.25, -0.2) is 9.59 Å². The van der Waals surface area contributed by atoms with Crippen molar-refractivity contribution in [3.05, 3.63) is 36.0 Å². The number of nitrogens with one attached hydrogen (secondary N) is 1. The monoisotopic (exact) mass is 334 g/mol. The van der Waals surface area contributed by atoms with E-state index in [1.54, 1.807) is 0 Å². The summed E-state index contributed by atoms with van der Waals surface area (Å²) in [5.41, 5.74) is 2.67. The number of hydrogen-bond donors (Lipinski definition) is 3. The number of nitrogens with zero attached hydrogens (tertiary/aromatic N) is 1. The van der Waals surface area contributed by atoms with Gasteiger partial charge in [0.25, 0.3) is 0 Å². The molecule has 0 unspecified atom stereocenters. The summed E-state index contributed by atoms with van der Waals surface area (Å²) < 4.78 is 0. The van der Waals surface area contributed by atoms with E-state index in [1.165, 1.54) is 16.5 Å². The average Bonchev–Trinajstić information content (AvgIpc) is 2.91. The van der Waals surface area contributed by atoms with Gasteiger partial charge >= 0.3 is 11.9 Å². The molecule has 0 saturated heterocycles. The number of carboxylic acid groups (broad SMARTS) is 2. The van der Waals surface area contributed by atoms with Crippen molar-refractivity contribution in [3.8, 4) is 0 Å². The lowest BCUT2D eigenvalue weighted by Gasteiger charge is -2.30. The summed E-state index contributed by atoms with van der Waals surface area (Å²) in [6.07, 6.45) is 3.27. The van der Waals surface area contributed by atoms with E-state index in [-0.39, 0.29) is 0 Å². The fourth-order valence-electron chi connectivity index (χ4n) is 2.70. The highest BCUT2D eigenvalue weighted by Crippen LogP contribution is 2.19. The first kappa shape index (κ1) is 19.7. The van der Waals surface area contributed by atoms with Gasteiger partial charge in [-0.1, -0.05) is 18.2 Å². The van der Waals surface area contributed by atoms with Gasteiger partial charge in [-0.05, 0) is 45.7 Å². The first-order valence-electron chi connectivity index (χ1n) is 8.01. The summed E-state index contributed by atoms with van der Waals surface area (Å²) in [7, 11) is 0. The number of carboxylic acids is 2. The van der Waals surface area contributed by atoms with Gasteiger partial charge in [0.2, 0.25) is 0 Å². The Morgan fingerprint density at radius 1 is 1.04 bits per heavy atom. The number of aliphatic carboxylic acids is 2. The third kappa shape index (κ3) is 5.70. The van der Waals surface area contributed by atoms with Crippen molar-refractivity contribution in [2.24, 2.45) is 0 Å². The molecule has 0 fully saturated rings. The molecule has 0 amide bonds. The zero-order chi connectivity index (χ0) is 18.3. The van der Waals surface area contributed by atoms with Crippen LogP contribution in [0.3, 0.4) is 0 Å². The highest BCUT2D eigenvalue weighted by Gasteiger charge is 2.13. The molecule has 6 heteroatoms. The Morgan fingerprint density at radius 2 is 1.58 bits per heavy atom. The van der Waals surface area contributed by atoms with Crippen molar-refractivity contribution in [2.45, 2.75) is 46.2 Å². The van der Waals surface area contributed by atoms with E-state index in [0.29, 0.717) is 12.1 Å². The van der Waals surface area contributed by atoms with Gasteiger partial charge < -0.3 is 15.2 Å². The molecule has 0 radical (unpaired) electrons. The Balaban J connectivity index is 0.000000413. The maximum absolute atomic E-state index is 9.10. The van der Waals surface area contributed by atoms with Crippen LogP contribution in [-0.2, 0) is 16.0 Å². The summed E-state index contributed by atoms with van der Waals surface area (Å²) in [5.74, 6) is -3.65. The van der Waals surface area contributed by atoms with E-state index in [1.807, 2.05) is 0 Å². The largest absolute Gasteiger partial charge is 0.473 e. The van der Waals surface area contributed by atoms with E-state index in [2.05, 4.69) is 68.0 Å². The van der Waals surface area contributed by atoms with Gasteiger partial charge in [0.15, 0.2) is 0 Å². The second kappa shape index (κ2) is 9.08. The van der Waals surface area contributed by atoms with Crippen molar-refractivity contribution >= 4 is 22.8 Å².